The highest BCUT2D eigenvalue weighted by molar-refractivity contribution is 7.96. The number of carbonyl (C=O) groups excluding carboxylic acids is 1. The lowest BCUT2D eigenvalue weighted by Gasteiger charge is -2.31. The first kappa shape index (κ1) is 13.7. The Kier molecular flexibility index (Phi) is 4.95. The monoisotopic (exact) mass is 271 g/mol. The number of likely N-dealkylation sites (tertiary alicyclic amines) is 1. The molecule has 5 heteroatoms. The van der Waals surface area contributed by atoms with Gasteiger partial charge in [-0.2, -0.15) is 0 Å². The summed E-state index contributed by atoms with van der Waals surface area (Å²) in [6, 6.07) is 0. The van der Waals surface area contributed by atoms with Gasteiger partial charge in [-0.1, -0.05) is 23.8 Å². The van der Waals surface area contributed by atoms with Gasteiger partial charge in [0.25, 0.3) is 0 Å². The second-order valence-corrected chi connectivity index (χ2v) is 6.13. The van der Waals surface area contributed by atoms with Gasteiger partial charge in [0, 0.05) is 19.4 Å². The fourth-order valence-electron chi connectivity index (χ4n) is 2.43. The van der Waals surface area contributed by atoms with Crippen LogP contribution in [-0.4, -0.2) is 34.6 Å². The molecule has 0 aromatic carbocycles. The van der Waals surface area contributed by atoms with Gasteiger partial charge in [-0.3, -0.25) is 9.69 Å². The fourth-order valence-corrected chi connectivity index (χ4v) is 3.29. The van der Waals surface area contributed by atoms with Crippen molar-refractivity contribution < 1.29 is 13.7 Å². The zero-order valence-electron chi connectivity index (χ0n) is 11.1. The number of hydrogen-bond acceptors (Lipinski definition) is 3. The van der Waals surface area contributed by atoms with Gasteiger partial charge in [0.05, 0.1) is 5.41 Å². The van der Waals surface area contributed by atoms with Crippen molar-refractivity contribution in [2.45, 2.75) is 45.4 Å². The molecule has 1 saturated heterocycles. The van der Waals surface area contributed by atoms with Gasteiger partial charge in [0.2, 0.25) is 12.6 Å². The zero-order valence-corrected chi connectivity index (χ0v) is 12.0. The lowest BCUT2D eigenvalue weighted by molar-refractivity contribution is -0.989. The van der Waals surface area contributed by atoms with Crippen molar-refractivity contribution in [2.24, 2.45) is 0 Å². The number of hydroxylamine groups is 2. The van der Waals surface area contributed by atoms with Crippen LogP contribution in [0.4, 0.5) is 0 Å². The molecule has 0 radical (unpaired) electrons. The van der Waals surface area contributed by atoms with Crippen molar-refractivity contribution in [3.05, 3.63) is 11.7 Å². The average molecular weight is 271 g/mol. The van der Waals surface area contributed by atoms with E-state index in [0.29, 0.717) is 17.1 Å². The number of nitrogens with zero attached hydrogens (tertiary/aromatic N) is 2. The van der Waals surface area contributed by atoms with Crippen LogP contribution in [0.3, 0.4) is 0 Å². The van der Waals surface area contributed by atoms with Gasteiger partial charge in [-0.15, -0.1) is 0 Å². The van der Waals surface area contributed by atoms with Gasteiger partial charge in [0.15, 0.2) is 18.2 Å². The molecule has 2 aliphatic heterocycles. The molecule has 0 saturated carbocycles. The molecule has 1 atom stereocenters. The smallest absolute Gasteiger partial charge is 0.227 e. The summed E-state index contributed by atoms with van der Waals surface area (Å²) in [5.41, 5.74) is 0. The average Bonchev–Trinajstić information content (AvgIpc) is 2.97. The Morgan fingerprint density at radius 1 is 1.44 bits per heavy atom. The molecule has 0 aliphatic carbocycles. The summed E-state index contributed by atoms with van der Waals surface area (Å²) < 4.78 is 0.509. The third-order valence-electron chi connectivity index (χ3n) is 3.47. The standard InChI is InChI=1S/C13H23N2O2S/c1-2-3-4-5-9-15(17-10-11-18-15)12-14-8-6-7-13(14)16/h10-11H,2-9,12H2,1H3/q+1. The minimum Gasteiger partial charge on any atom is -0.308 e. The molecular weight excluding hydrogens is 248 g/mol. The van der Waals surface area contributed by atoms with E-state index >= 15 is 0 Å². The summed E-state index contributed by atoms with van der Waals surface area (Å²) >= 11 is 1.68. The highest BCUT2D eigenvalue weighted by atomic mass is 32.2. The van der Waals surface area contributed by atoms with Crippen LogP contribution in [0.2, 0.25) is 0 Å². The van der Waals surface area contributed by atoms with Crippen molar-refractivity contribution in [1.29, 1.82) is 0 Å². The van der Waals surface area contributed by atoms with Gasteiger partial charge in [0.1, 0.15) is 6.54 Å². The second kappa shape index (κ2) is 6.48. The molecule has 0 aromatic rings. The third kappa shape index (κ3) is 3.42. The summed E-state index contributed by atoms with van der Waals surface area (Å²) in [5.74, 6) is 0.275. The van der Waals surface area contributed by atoms with Crippen LogP contribution in [0.15, 0.2) is 11.7 Å². The Labute approximate surface area is 114 Å². The summed E-state index contributed by atoms with van der Waals surface area (Å²) in [5, 5.41) is 1.99. The summed E-state index contributed by atoms with van der Waals surface area (Å²) in [7, 11) is 0. The van der Waals surface area contributed by atoms with Gasteiger partial charge >= 0.3 is 0 Å². The molecule has 4 nitrogen and oxygen atoms in total. The molecule has 0 bridgehead atoms. The predicted octanol–water partition coefficient (Wildman–Crippen LogP) is 3.03. The van der Waals surface area contributed by atoms with E-state index in [1.165, 1.54) is 19.3 Å². The van der Waals surface area contributed by atoms with E-state index in [0.717, 1.165) is 25.9 Å². The predicted molar refractivity (Wildman–Crippen MR) is 72.9 cm³/mol. The van der Waals surface area contributed by atoms with Crippen LogP contribution < -0.4 is 0 Å². The van der Waals surface area contributed by atoms with Crippen LogP contribution in [-0.2, 0) is 9.63 Å². The van der Waals surface area contributed by atoms with Crippen LogP contribution in [0.5, 0.6) is 0 Å². The molecule has 1 amide bonds. The molecule has 2 heterocycles. The van der Waals surface area contributed by atoms with Gasteiger partial charge in [-0.25, -0.2) is 0 Å². The Balaban J connectivity index is 1.84. The molecule has 0 spiro atoms. The zero-order chi connectivity index (χ0) is 12.8. The fraction of sp³-hybridized carbons (Fsp3) is 0.769. The van der Waals surface area contributed by atoms with E-state index in [2.05, 4.69) is 6.92 Å². The minimum absolute atomic E-state index is 0.275. The Hall–Kier alpha value is -0.680. The lowest BCUT2D eigenvalue weighted by Crippen LogP contribution is -2.47. The maximum atomic E-state index is 11.7. The number of carbonyl (C=O) groups is 1. The topological polar surface area (TPSA) is 29.5 Å². The molecule has 1 unspecified atom stereocenters. The minimum atomic E-state index is 0.275. The van der Waals surface area contributed by atoms with Crippen LogP contribution in [0.1, 0.15) is 45.4 Å². The molecule has 0 aromatic heterocycles. The van der Waals surface area contributed by atoms with Crippen molar-refractivity contribution in [1.82, 2.24) is 4.90 Å². The molecule has 0 N–H and O–H groups in total. The number of rotatable bonds is 7. The van der Waals surface area contributed by atoms with E-state index in [4.69, 9.17) is 4.84 Å². The maximum Gasteiger partial charge on any atom is 0.227 e. The molecule has 2 aliphatic rings. The highest BCUT2D eigenvalue weighted by Gasteiger charge is 2.39. The number of quaternary nitrogens is 1. The Morgan fingerprint density at radius 3 is 2.94 bits per heavy atom. The molecule has 102 valence electrons. The van der Waals surface area contributed by atoms with Crippen LogP contribution >= 0.6 is 11.9 Å². The van der Waals surface area contributed by atoms with Gasteiger partial charge < -0.3 is 4.84 Å². The van der Waals surface area contributed by atoms with Crippen molar-refractivity contribution in [3.63, 3.8) is 0 Å². The summed E-state index contributed by atoms with van der Waals surface area (Å²) in [6.07, 6.45) is 8.38. The molecule has 1 fully saturated rings. The quantitative estimate of drug-likeness (QED) is 0.405. The third-order valence-corrected chi connectivity index (χ3v) is 4.47. The number of amides is 1. The maximum absolute atomic E-state index is 11.7. The van der Waals surface area contributed by atoms with Gasteiger partial charge in [-0.05, 0) is 12.8 Å². The SMILES string of the molecule is CCCCCC[N+]1(CN2CCCC2=O)OC=CS1. The second-order valence-electron chi connectivity index (χ2n) is 4.98. The van der Waals surface area contributed by atoms with E-state index < -0.39 is 0 Å². The van der Waals surface area contributed by atoms with E-state index in [1.54, 1.807) is 18.2 Å². The Morgan fingerprint density at radius 2 is 2.33 bits per heavy atom. The number of hydrogen-bond donors (Lipinski definition) is 0. The van der Waals surface area contributed by atoms with Crippen molar-refractivity contribution in [2.75, 3.05) is 19.8 Å². The first-order chi connectivity index (χ1) is 8.76. The largest absolute Gasteiger partial charge is 0.308 e. The Bertz CT molecular complexity index is 312. The van der Waals surface area contributed by atoms with E-state index in [9.17, 15) is 4.79 Å². The van der Waals surface area contributed by atoms with Crippen molar-refractivity contribution in [3.8, 4) is 0 Å². The highest BCUT2D eigenvalue weighted by Crippen LogP contribution is 2.33. The van der Waals surface area contributed by atoms with E-state index in [-0.39, 0.29) is 5.91 Å². The van der Waals surface area contributed by atoms with Crippen LogP contribution in [0.25, 0.3) is 0 Å². The van der Waals surface area contributed by atoms with Crippen molar-refractivity contribution >= 4 is 17.9 Å². The van der Waals surface area contributed by atoms with Crippen LogP contribution in [0, 0.1) is 0 Å². The number of unbranched alkanes of at least 4 members (excludes halogenated alkanes) is 3. The summed E-state index contributed by atoms with van der Waals surface area (Å²) in [4.78, 5) is 19.4. The first-order valence-electron chi connectivity index (χ1n) is 6.92. The lowest BCUT2D eigenvalue weighted by atomic mass is 10.2. The van der Waals surface area contributed by atoms with E-state index in [1.807, 2.05) is 10.3 Å². The summed E-state index contributed by atoms with van der Waals surface area (Å²) in [6.45, 7) is 4.76. The normalized spacial score (nSPS) is 26.9. The molecule has 2 rings (SSSR count). The molecular formula is C13H23N2O2S+. The first-order valence-corrected chi connectivity index (χ1v) is 7.76. The molecule has 18 heavy (non-hydrogen) atoms.